The van der Waals surface area contributed by atoms with Crippen molar-refractivity contribution < 1.29 is 14.6 Å². The van der Waals surface area contributed by atoms with Gasteiger partial charge in [0, 0.05) is 33.0 Å². The molecule has 0 amide bonds. The summed E-state index contributed by atoms with van der Waals surface area (Å²) >= 11 is 1.87. The van der Waals surface area contributed by atoms with Crippen LogP contribution in [0.1, 0.15) is 9.75 Å². The molecule has 9 heteroatoms. The Labute approximate surface area is 131 Å². The molecular weight excluding hydrogens is 328 g/mol. The number of ketones is 1. The van der Waals surface area contributed by atoms with E-state index in [1.165, 1.54) is 24.3 Å². The van der Waals surface area contributed by atoms with E-state index >= 15 is 0 Å². The van der Waals surface area contributed by atoms with E-state index in [4.69, 9.17) is 0 Å². The van der Waals surface area contributed by atoms with Crippen LogP contribution in [0.5, 0.6) is 0 Å². The SMILES string of the molecule is O=C1C=CC(c2ccc([N+](=O)[O-])s2)=C1c1ccc([N+](=O)[O-])s1. The Bertz CT molecular complexity index is 820. The quantitative estimate of drug-likeness (QED) is 0.626. The van der Waals surface area contributed by atoms with Gasteiger partial charge in [0.05, 0.1) is 9.85 Å². The molecule has 0 unspecified atom stereocenters. The molecule has 0 bridgehead atoms. The van der Waals surface area contributed by atoms with E-state index in [1.807, 2.05) is 0 Å². The maximum absolute atomic E-state index is 12.0. The Hall–Kier alpha value is -2.65. The molecule has 0 aliphatic heterocycles. The van der Waals surface area contributed by atoms with Gasteiger partial charge in [0.2, 0.25) is 0 Å². The predicted octanol–water partition coefficient (Wildman–Crippen LogP) is 3.68. The van der Waals surface area contributed by atoms with Crippen molar-refractivity contribution in [1.82, 2.24) is 0 Å². The van der Waals surface area contributed by atoms with Gasteiger partial charge in [-0.05, 0) is 24.3 Å². The van der Waals surface area contributed by atoms with Crippen LogP contribution in [0.2, 0.25) is 0 Å². The van der Waals surface area contributed by atoms with Crippen LogP contribution < -0.4 is 0 Å². The van der Waals surface area contributed by atoms with Gasteiger partial charge < -0.3 is 0 Å². The number of nitro groups is 2. The second kappa shape index (κ2) is 5.28. The predicted molar refractivity (Wildman–Crippen MR) is 82.9 cm³/mol. The molecule has 2 heterocycles. The van der Waals surface area contributed by atoms with Crippen molar-refractivity contribution in [2.45, 2.75) is 0 Å². The fourth-order valence-corrected chi connectivity index (χ4v) is 3.79. The van der Waals surface area contributed by atoms with Gasteiger partial charge in [-0.1, -0.05) is 22.7 Å². The van der Waals surface area contributed by atoms with Crippen LogP contribution in [-0.2, 0) is 4.79 Å². The molecule has 0 atom stereocenters. The molecule has 1 aliphatic rings. The van der Waals surface area contributed by atoms with Gasteiger partial charge >= 0.3 is 10.0 Å². The van der Waals surface area contributed by atoms with Crippen LogP contribution in [0.25, 0.3) is 11.1 Å². The third-order valence-electron chi connectivity index (χ3n) is 2.97. The zero-order valence-electron chi connectivity index (χ0n) is 10.7. The van der Waals surface area contributed by atoms with E-state index in [9.17, 15) is 25.0 Å². The lowest BCUT2D eigenvalue weighted by Gasteiger charge is -2.00. The van der Waals surface area contributed by atoms with E-state index in [-0.39, 0.29) is 15.8 Å². The van der Waals surface area contributed by atoms with Crippen molar-refractivity contribution in [2.24, 2.45) is 0 Å². The van der Waals surface area contributed by atoms with E-state index < -0.39 is 9.85 Å². The highest BCUT2D eigenvalue weighted by atomic mass is 32.1. The van der Waals surface area contributed by atoms with Crippen molar-refractivity contribution in [1.29, 1.82) is 0 Å². The van der Waals surface area contributed by atoms with Crippen molar-refractivity contribution in [3.63, 3.8) is 0 Å². The van der Waals surface area contributed by atoms with Crippen LogP contribution in [0.4, 0.5) is 10.0 Å². The van der Waals surface area contributed by atoms with Gasteiger partial charge in [-0.15, -0.1) is 0 Å². The summed E-state index contributed by atoms with van der Waals surface area (Å²) in [6, 6.07) is 5.80. The highest BCUT2D eigenvalue weighted by Crippen LogP contribution is 2.41. The van der Waals surface area contributed by atoms with Crippen LogP contribution >= 0.6 is 22.7 Å². The lowest BCUT2D eigenvalue weighted by molar-refractivity contribution is -0.380. The zero-order chi connectivity index (χ0) is 15.9. The molecule has 0 saturated heterocycles. The number of hydrogen-bond donors (Lipinski definition) is 0. The second-order valence-corrected chi connectivity index (χ2v) is 6.40. The van der Waals surface area contributed by atoms with Crippen LogP contribution in [-0.4, -0.2) is 15.6 Å². The van der Waals surface area contributed by atoms with Gasteiger partial charge in [-0.3, -0.25) is 25.0 Å². The average molecular weight is 334 g/mol. The highest BCUT2D eigenvalue weighted by Gasteiger charge is 2.25. The Morgan fingerprint density at radius 1 is 0.818 bits per heavy atom. The van der Waals surface area contributed by atoms with E-state index in [2.05, 4.69) is 0 Å². The molecule has 0 radical (unpaired) electrons. The molecule has 1 aliphatic carbocycles. The lowest BCUT2D eigenvalue weighted by Crippen LogP contribution is -1.93. The van der Waals surface area contributed by atoms with Gasteiger partial charge in [0.25, 0.3) is 0 Å². The summed E-state index contributed by atoms with van der Waals surface area (Å²) in [5.41, 5.74) is 0.898. The molecule has 0 aromatic carbocycles. The number of hydrogen-bond acceptors (Lipinski definition) is 7. The maximum Gasteiger partial charge on any atom is 0.324 e. The minimum Gasteiger partial charge on any atom is -0.289 e. The molecular formula is C13H6N2O5S2. The van der Waals surface area contributed by atoms with Gasteiger partial charge in [0.15, 0.2) is 5.78 Å². The second-order valence-electron chi connectivity index (χ2n) is 4.28. The molecule has 2 aromatic rings. The molecule has 2 aromatic heterocycles. The summed E-state index contributed by atoms with van der Waals surface area (Å²) in [4.78, 5) is 33.6. The largest absolute Gasteiger partial charge is 0.324 e. The Morgan fingerprint density at radius 3 is 1.91 bits per heavy atom. The first-order chi connectivity index (χ1) is 10.5. The molecule has 0 fully saturated rings. The first-order valence-electron chi connectivity index (χ1n) is 5.93. The Kier molecular flexibility index (Phi) is 3.43. The average Bonchev–Trinajstić information content (AvgIpc) is 3.15. The molecule has 7 nitrogen and oxygen atoms in total. The minimum absolute atomic E-state index is 0.0215. The summed E-state index contributed by atoms with van der Waals surface area (Å²) in [5.74, 6) is -0.261. The topological polar surface area (TPSA) is 103 Å². The maximum atomic E-state index is 12.0. The number of carbonyl (C=O) groups excluding carboxylic acids is 1. The van der Waals surface area contributed by atoms with Crippen molar-refractivity contribution in [3.8, 4) is 0 Å². The number of thiophene rings is 2. The summed E-state index contributed by atoms with van der Waals surface area (Å²) in [6.45, 7) is 0. The molecule has 3 rings (SSSR count). The molecule has 110 valence electrons. The third kappa shape index (κ3) is 2.36. The standard InChI is InChI=1S/C13H6N2O5S2/c16-8-2-1-7(9-3-5-11(21-9)14(17)18)13(8)10-4-6-12(22-10)15(19)20/h1-6H. The molecule has 22 heavy (non-hydrogen) atoms. The number of carbonyl (C=O) groups is 1. The first-order valence-corrected chi connectivity index (χ1v) is 7.56. The van der Waals surface area contributed by atoms with Crippen molar-refractivity contribution in [3.05, 3.63) is 66.4 Å². The number of nitrogens with zero attached hydrogens (tertiary/aromatic N) is 2. The number of allylic oxidation sites excluding steroid dienone is 4. The third-order valence-corrected chi connectivity index (χ3v) is 5.10. The van der Waals surface area contributed by atoms with Crippen LogP contribution in [0.3, 0.4) is 0 Å². The normalized spacial score (nSPS) is 13.9. The summed E-state index contributed by atoms with van der Waals surface area (Å²) in [6.07, 6.45) is 2.94. The van der Waals surface area contributed by atoms with E-state index in [0.29, 0.717) is 20.9 Å². The van der Waals surface area contributed by atoms with Gasteiger partial charge in [-0.2, -0.15) is 0 Å². The molecule has 0 N–H and O–H groups in total. The van der Waals surface area contributed by atoms with Gasteiger partial charge in [-0.25, -0.2) is 0 Å². The first kappa shape index (κ1) is 14.3. The highest BCUT2D eigenvalue weighted by molar-refractivity contribution is 7.17. The van der Waals surface area contributed by atoms with Crippen LogP contribution in [0, 0.1) is 20.2 Å². The molecule has 0 saturated carbocycles. The molecule has 0 spiro atoms. The fourth-order valence-electron chi connectivity index (χ4n) is 2.05. The minimum atomic E-state index is -0.517. The van der Waals surface area contributed by atoms with Crippen molar-refractivity contribution >= 4 is 49.6 Å². The lowest BCUT2D eigenvalue weighted by atomic mass is 10.1. The van der Waals surface area contributed by atoms with Gasteiger partial charge in [0.1, 0.15) is 0 Å². The summed E-state index contributed by atoms with van der Waals surface area (Å²) in [5, 5.41) is 21.5. The number of rotatable bonds is 4. The van der Waals surface area contributed by atoms with E-state index in [0.717, 1.165) is 22.7 Å². The summed E-state index contributed by atoms with van der Waals surface area (Å²) < 4.78 is 0. The van der Waals surface area contributed by atoms with Crippen molar-refractivity contribution in [2.75, 3.05) is 0 Å². The Balaban J connectivity index is 2.10. The Morgan fingerprint density at radius 2 is 1.36 bits per heavy atom. The smallest absolute Gasteiger partial charge is 0.289 e. The van der Waals surface area contributed by atoms with Crippen LogP contribution in [0.15, 0.2) is 36.4 Å². The monoisotopic (exact) mass is 334 g/mol. The van der Waals surface area contributed by atoms with E-state index in [1.54, 1.807) is 12.1 Å². The fraction of sp³-hybridized carbons (Fsp3) is 0. The zero-order valence-corrected chi connectivity index (χ0v) is 12.3. The summed E-state index contributed by atoms with van der Waals surface area (Å²) in [7, 11) is 0.